The highest BCUT2D eigenvalue weighted by Gasteiger charge is 2.30. The van der Waals surface area contributed by atoms with Gasteiger partial charge in [0.05, 0.1) is 17.4 Å². The molecule has 4 nitrogen and oxygen atoms in total. The van der Waals surface area contributed by atoms with E-state index in [2.05, 4.69) is 6.92 Å². The summed E-state index contributed by atoms with van der Waals surface area (Å²) in [6.45, 7) is 7.56. The van der Waals surface area contributed by atoms with Gasteiger partial charge in [-0.25, -0.2) is 0 Å². The Morgan fingerprint density at radius 2 is 2.19 bits per heavy atom. The average Bonchev–Trinajstić information content (AvgIpc) is 2.88. The molecule has 0 aromatic carbocycles. The summed E-state index contributed by atoms with van der Waals surface area (Å²) in [4.78, 5) is 28.3. The maximum absolute atomic E-state index is 12.6. The lowest BCUT2D eigenvalue weighted by Gasteiger charge is -2.31. The number of thiophene rings is 1. The highest BCUT2D eigenvalue weighted by molar-refractivity contribution is 7.14. The maximum atomic E-state index is 12.6. The van der Waals surface area contributed by atoms with Gasteiger partial charge in [0.1, 0.15) is 0 Å². The quantitative estimate of drug-likeness (QED) is 0.803. The molecule has 0 spiro atoms. The van der Waals surface area contributed by atoms with Crippen molar-refractivity contribution in [2.75, 3.05) is 19.7 Å². The molecule has 1 unspecified atom stereocenters. The van der Waals surface area contributed by atoms with Crippen molar-refractivity contribution in [3.05, 3.63) is 21.4 Å². The van der Waals surface area contributed by atoms with Crippen molar-refractivity contribution >= 4 is 23.2 Å². The summed E-state index contributed by atoms with van der Waals surface area (Å²) in [6.07, 6.45) is 2.63. The van der Waals surface area contributed by atoms with E-state index in [9.17, 15) is 9.59 Å². The van der Waals surface area contributed by atoms with Gasteiger partial charge in [-0.15, -0.1) is 11.3 Å². The number of aryl methyl sites for hydroxylation is 2. The summed E-state index contributed by atoms with van der Waals surface area (Å²) < 4.78 is 5.08. The van der Waals surface area contributed by atoms with Gasteiger partial charge in [0.15, 0.2) is 0 Å². The molecule has 1 amide bonds. The lowest BCUT2D eigenvalue weighted by Crippen LogP contribution is -2.42. The van der Waals surface area contributed by atoms with Crippen LogP contribution in [0, 0.1) is 12.8 Å². The molecule has 1 atom stereocenters. The van der Waals surface area contributed by atoms with Crippen LogP contribution in [0.1, 0.15) is 46.8 Å². The number of nitrogens with zero attached hydrogens (tertiary/aromatic N) is 1. The summed E-state index contributed by atoms with van der Waals surface area (Å²) in [5.41, 5.74) is 1.19. The lowest BCUT2D eigenvalue weighted by molar-refractivity contribution is -0.149. The number of hydrogen-bond donors (Lipinski definition) is 0. The minimum absolute atomic E-state index is 0.0526. The number of ether oxygens (including phenoxy) is 1. The van der Waals surface area contributed by atoms with E-state index in [4.69, 9.17) is 4.74 Å². The SMILES string of the molecule is CCOC(=O)C1CCCN(C(=O)c2cc(C)c(CC)s2)C1. The second-order valence-corrected chi connectivity index (χ2v) is 6.55. The van der Waals surface area contributed by atoms with Crippen LogP contribution in [0.5, 0.6) is 0 Å². The predicted octanol–water partition coefficient (Wildman–Crippen LogP) is 3.03. The molecule has 1 saturated heterocycles. The van der Waals surface area contributed by atoms with E-state index in [0.717, 1.165) is 30.7 Å². The normalized spacial score (nSPS) is 18.6. The smallest absolute Gasteiger partial charge is 0.310 e. The second kappa shape index (κ2) is 7.07. The summed E-state index contributed by atoms with van der Waals surface area (Å²) in [7, 11) is 0. The Hall–Kier alpha value is -1.36. The molecule has 1 aromatic heterocycles. The number of piperidine rings is 1. The molecule has 116 valence electrons. The molecular formula is C16H23NO3S. The van der Waals surface area contributed by atoms with Gasteiger partial charge >= 0.3 is 5.97 Å². The first-order valence-electron chi connectivity index (χ1n) is 7.62. The molecule has 1 aliphatic heterocycles. The minimum atomic E-state index is -0.174. The molecule has 2 rings (SSSR count). The number of esters is 1. The molecule has 0 radical (unpaired) electrons. The Bertz CT molecular complexity index is 524. The monoisotopic (exact) mass is 309 g/mol. The number of rotatable bonds is 4. The first kappa shape index (κ1) is 16.0. The first-order valence-corrected chi connectivity index (χ1v) is 8.43. The Kier molecular flexibility index (Phi) is 5.39. The lowest BCUT2D eigenvalue weighted by atomic mass is 9.98. The molecule has 5 heteroatoms. The van der Waals surface area contributed by atoms with Gasteiger partial charge in [0.2, 0.25) is 0 Å². The van der Waals surface area contributed by atoms with Gasteiger partial charge in [0, 0.05) is 18.0 Å². The Balaban J connectivity index is 2.06. The van der Waals surface area contributed by atoms with E-state index in [1.165, 1.54) is 10.4 Å². The van der Waals surface area contributed by atoms with Gasteiger partial charge < -0.3 is 9.64 Å². The van der Waals surface area contributed by atoms with Gasteiger partial charge in [-0.2, -0.15) is 0 Å². The third-order valence-electron chi connectivity index (χ3n) is 3.88. The Morgan fingerprint density at radius 1 is 1.43 bits per heavy atom. The Morgan fingerprint density at radius 3 is 2.81 bits per heavy atom. The molecule has 0 N–H and O–H groups in total. The summed E-state index contributed by atoms with van der Waals surface area (Å²) in [5.74, 6) is -0.294. The van der Waals surface area contributed by atoms with Crippen molar-refractivity contribution in [3.8, 4) is 0 Å². The topological polar surface area (TPSA) is 46.6 Å². The molecule has 1 aromatic rings. The number of carbonyl (C=O) groups is 2. The van der Waals surface area contributed by atoms with Gasteiger partial charge in [-0.3, -0.25) is 9.59 Å². The van der Waals surface area contributed by atoms with E-state index < -0.39 is 0 Å². The van der Waals surface area contributed by atoms with Crippen molar-refractivity contribution in [1.29, 1.82) is 0 Å². The van der Waals surface area contributed by atoms with E-state index in [0.29, 0.717) is 13.2 Å². The summed E-state index contributed by atoms with van der Waals surface area (Å²) in [5, 5.41) is 0. The molecule has 1 aliphatic rings. The van der Waals surface area contributed by atoms with Crippen LogP contribution in [0.4, 0.5) is 0 Å². The zero-order valence-electron chi connectivity index (χ0n) is 13.0. The van der Waals surface area contributed by atoms with Gasteiger partial charge in [0.25, 0.3) is 5.91 Å². The van der Waals surface area contributed by atoms with Crippen LogP contribution in [0.25, 0.3) is 0 Å². The third-order valence-corrected chi connectivity index (χ3v) is 5.25. The van der Waals surface area contributed by atoms with Crippen LogP contribution in [0.3, 0.4) is 0 Å². The van der Waals surface area contributed by atoms with Crippen molar-refractivity contribution < 1.29 is 14.3 Å². The standard InChI is InChI=1S/C16H23NO3S/c1-4-13-11(3)9-14(21-13)15(18)17-8-6-7-12(10-17)16(19)20-5-2/h9,12H,4-8,10H2,1-3H3. The molecule has 21 heavy (non-hydrogen) atoms. The fraction of sp³-hybridized carbons (Fsp3) is 0.625. The molecule has 0 saturated carbocycles. The fourth-order valence-corrected chi connectivity index (χ4v) is 3.83. The van der Waals surface area contributed by atoms with Crippen LogP contribution in [-0.4, -0.2) is 36.5 Å². The highest BCUT2D eigenvalue weighted by atomic mass is 32.1. The Labute approximate surface area is 130 Å². The van der Waals surface area contributed by atoms with Crippen molar-refractivity contribution in [2.45, 2.75) is 40.0 Å². The molecule has 2 heterocycles. The number of hydrogen-bond acceptors (Lipinski definition) is 4. The van der Waals surface area contributed by atoms with Crippen LogP contribution >= 0.6 is 11.3 Å². The van der Waals surface area contributed by atoms with Crippen LogP contribution in [0.2, 0.25) is 0 Å². The van der Waals surface area contributed by atoms with Gasteiger partial charge in [-0.1, -0.05) is 6.92 Å². The van der Waals surface area contributed by atoms with E-state index in [1.54, 1.807) is 16.2 Å². The molecule has 0 bridgehead atoms. The van der Waals surface area contributed by atoms with E-state index >= 15 is 0 Å². The zero-order valence-corrected chi connectivity index (χ0v) is 13.8. The third kappa shape index (κ3) is 3.64. The number of likely N-dealkylation sites (tertiary alicyclic amines) is 1. The molecule has 0 aliphatic carbocycles. The van der Waals surface area contributed by atoms with Crippen LogP contribution in [-0.2, 0) is 16.0 Å². The van der Waals surface area contributed by atoms with Crippen molar-refractivity contribution in [2.24, 2.45) is 5.92 Å². The molecular weight excluding hydrogens is 286 g/mol. The second-order valence-electron chi connectivity index (χ2n) is 5.41. The number of carbonyl (C=O) groups excluding carboxylic acids is 2. The minimum Gasteiger partial charge on any atom is -0.466 e. The van der Waals surface area contributed by atoms with E-state index in [-0.39, 0.29) is 17.8 Å². The zero-order chi connectivity index (χ0) is 15.4. The largest absolute Gasteiger partial charge is 0.466 e. The predicted molar refractivity (Wildman–Crippen MR) is 83.7 cm³/mol. The summed E-state index contributed by atoms with van der Waals surface area (Å²) in [6, 6.07) is 1.97. The van der Waals surface area contributed by atoms with Crippen LogP contribution < -0.4 is 0 Å². The molecule has 1 fully saturated rings. The maximum Gasteiger partial charge on any atom is 0.310 e. The summed E-state index contributed by atoms with van der Waals surface area (Å²) >= 11 is 1.57. The van der Waals surface area contributed by atoms with Crippen molar-refractivity contribution in [1.82, 2.24) is 4.90 Å². The van der Waals surface area contributed by atoms with Gasteiger partial charge in [-0.05, 0) is 44.7 Å². The highest BCUT2D eigenvalue weighted by Crippen LogP contribution is 2.26. The van der Waals surface area contributed by atoms with Crippen molar-refractivity contribution in [3.63, 3.8) is 0 Å². The first-order chi connectivity index (χ1) is 10.1. The van der Waals surface area contributed by atoms with E-state index in [1.807, 2.05) is 19.9 Å². The average molecular weight is 309 g/mol. The van der Waals surface area contributed by atoms with Crippen LogP contribution in [0.15, 0.2) is 6.07 Å². The fourth-order valence-electron chi connectivity index (χ4n) is 2.75. The number of amides is 1.